The summed E-state index contributed by atoms with van der Waals surface area (Å²) in [4.78, 5) is 9.76. The largest absolute Gasteiger partial charge is 0.383 e. The van der Waals surface area contributed by atoms with Crippen LogP contribution in [0.15, 0.2) is 23.1 Å². The highest BCUT2D eigenvalue weighted by Crippen LogP contribution is 2.26. The first-order valence-electron chi connectivity index (χ1n) is 5.58. The maximum absolute atomic E-state index is 12.1. The summed E-state index contributed by atoms with van der Waals surface area (Å²) in [7, 11) is -2.60. The Kier molecular flexibility index (Phi) is 5.39. The van der Waals surface area contributed by atoms with Gasteiger partial charge in [-0.15, -0.1) is 0 Å². The molecule has 4 N–H and O–H groups in total. The van der Waals surface area contributed by atoms with Gasteiger partial charge in [-0.2, -0.15) is 0 Å². The van der Waals surface area contributed by atoms with Crippen LogP contribution in [0.2, 0.25) is 0 Å². The predicted octanol–water partition coefficient (Wildman–Crippen LogP) is 0.194. The lowest BCUT2D eigenvalue weighted by atomic mass is 10.3. The van der Waals surface area contributed by atoms with Gasteiger partial charge < -0.3 is 10.2 Å². The molecule has 1 atom stereocenters. The average Bonchev–Trinajstić information content (AvgIpc) is 2.37. The molecule has 10 heteroatoms. The molecule has 20 heavy (non-hydrogen) atoms. The van der Waals surface area contributed by atoms with E-state index in [0.717, 1.165) is 12.1 Å². The lowest BCUT2D eigenvalue weighted by Crippen LogP contribution is -2.35. The number of nitrogen functional groups attached to an aromatic ring is 1. The number of nitro benzene ring substituents is 1. The fraction of sp³-hybridized carbons (Fsp3) is 0.400. The van der Waals surface area contributed by atoms with Crippen molar-refractivity contribution in [3.8, 4) is 0 Å². The van der Waals surface area contributed by atoms with Crippen molar-refractivity contribution >= 4 is 21.4 Å². The number of nitrogens with one attached hydrogen (secondary N) is 2. The van der Waals surface area contributed by atoms with Gasteiger partial charge in [0.1, 0.15) is 0 Å². The summed E-state index contributed by atoms with van der Waals surface area (Å²) in [6.45, 7) is 1.73. The van der Waals surface area contributed by atoms with Crippen LogP contribution in [0.25, 0.3) is 0 Å². The van der Waals surface area contributed by atoms with Gasteiger partial charge in [0.05, 0.1) is 17.2 Å². The number of nitrogens with zero attached hydrogens (tertiary/aromatic N) is 1. The van der Waals surface area contributed by atoms with Crippen molar-refractivity contribution < 1.29 is 18.1 Å². The first-order valence-corrected chi connectivity index (χ1v) is 7.06. The second-order valence-corrected chi connectivity index (χ2v) is 5.74. The third-order valence-corrected chi connectivity index (χ3v) is 4.02. The summed E-state index contributed by atoms with van der Waals surface area (Å²) in [5.41, 5.74) is 1.90. The van der Waals surface area contributed by atoms with Crippen LogP contribution < -0.4 is 16.0 Å². The number of rotatable bonds is 7. The van der Waals surface area contributed by atoms with Crippen LogP contribution in [0.5, 0.6) is 0 Å². The Hall–Kier alpha value is -1.75. The van der Waals surface area contributed by atoms with E-state index in [1.807, 2.05) is 0 Å². The van der Waals surface area contributed by atoms with Crippen molar-refractivity contribution in [1.82, 2.24) is 4.72 Å². The first kappa shape index (κ1) is 16.3. The van der Waals surface area contributed by atoms with Gasteiger partial charge in [-0.1, -0.05) is 0 Å². The van der Waals surface area contributed by atoms with Gasteiger partial charge in [-0.25, -0.2) is 13.1 Å². The summed E-state index contributed by atoms with van der Waals surface area (Å²) >= 11 is 0. The zero-order valence-electron chi connectivity index (χ0n) is 11.0. The highest BCUT2D eigenvalue weighted by atomic mass is 32.2. The first-order chi connectivity index (χ1) is 9.31. The number of nitro groups is 1. The van der Waals surface area contributed by atoms with E-state index in [0.29, 0.717) is 0 Å². The highest BCUT2D eigenvalue weighted by molar-refractivity contribution is 7.89. The van der Waals surface area contributed by atoms with Crippen LogP contribution in [-0.4, -0.2) is 33.1 Å². The number of hydrogen-bond donors (Lipinski definition) is 3. The van der Waals surface area contributed by atoms with Gasteiger partial charge >= 0.3 is 0 Å². The third-order valence-electron chi connectivity index (χ3n) is 2.38. The quantitative estimate of drug-likeness (QED) is 0.371. The van der Waals surface area contributed by atoms with Gasteiger partial charge in [0.2, 0.25) is 10.0 Å². The van der Waals surface area contributed by atoms with Gasteiger partial charge in [0.25, 0.3) is 5.69 Å². The molecule has 0 aromatic heterocycles. The molecule has 0 heterocycles. The number of hydrogen-bond acceptors (Lipinski definition) is 7. The Morgan fingerprint density at radius 1 is 1.50 bits per heavy atom. The van der Waals surface area contributed by atoms with Crippen molar-refractivity contribution in [2.45, 2.75) is 17.9 Å². The molecular weight excluding hydrogens is 288 g/mol. The van der Waals surface area contributed by atoms with E-state index in [1.165, 1.54) is 13.2 Å². The second kappa shape index (κ2) is 6.61. The predicted molar refractivity (Wildman–Crippen MR) is 72.6 cm³/mol. The lowest BCUT2D eigenvalue weighted by Gasteiger charge is -2.13. The summed E-state index contributed by atoms with van der Waals surface area (Å²) in [5.74, 6) is 5.14. The molecule has 0 saturated carbocycles. The van der Waals surface area contributed by atoms with Crippen LogP contribution >= 0.6 is 0 Å². The van der Waals surface area contributed by atoms with Crippen molar-refractivity contribution in [2.75, 3.05) is 19.1 Å². The molecule has 0 bridgehead atoms. The molecule has 0 aliphatic carbocycles. The van der Waals surface area contributed by atoms with Gasteiger partial charge in [-0.3, -0.25) is 16.0 Å². The Balaban J connectivity index is 3.20. The Morgan fingerprint density at radius 2 is 2.15 bits per heavy atom. The van der Waals surface area contributed by atoms with E-state index in [1.54, 1.807) is 6.92 Å². The number of methoxy groups -OCH3 is 1. The minimum Gasteiger partial charge on any atom is -0.383 e. The number of ether oxygens (including phenoxy) is 1. The van der Waals surface area contributed by atoms with Crippen LogP contribution in [0.4, 0.5) is 11.4 Å². The minimum absolute atomic E-state index is 0.148. The molecule has 0 radical (unpaired) electrons. The Morgan fingerprint density at radius 3 is 2.65 bits per heavy atom. The van der Waals surface area contributed by atoms with E-state index in [2.05, 4.69) is 10.1 Å². The Labute approximate surface area is 116 Å². The van der Waals surface area contributed by atoms with Crippen LogP contribution in [0.1, 0.15) is 6.92 Å². The standard InChI is InChI=1S/C10H16N4O5S/c1-7(6-19-2)13-20(17,18)10-4-3-8(12-11)5-9(10)14(15)16/h3-5,7,12-13H,6,11H2,1-2H3. The molecule has 9 nitrogen and oxygen atoms in total. The minimum atomic E-state index is -4.02. The van der Waals surface area contributed by atoms with Gasteiger partial charge in [0.15, 0.2) is 4.90 Å². The van der Waals surface area contributed by atoms with Gasteiger partial charge in [-0.05, 0) is 19.1 Å². The fourth-order valence-corrected chi connectivity index (χ4v) is 2.97. The SMILES string of the molecule is COCC(C)NS(=O)(=O)c1ccc(NN)cc1[N+](=O)[O-]. The Bertz CT molecular complexity index is 589. The molecule has 1 unspecified atom stereocenters. The topological polar surface area (TPSA) is 137 Å². The molecule has 0 amide bonds. The van der Waals surface area contributed by atoms with Crippen molar-refractivity contribution in [3.63, 3.8) is 0 Å². The van der Waals surface area contributed by atoms with E-state index in [-0.39, 0.29) is 12.3 Å². The highest BCUT2D eigenvalue weighted by Gasteiger charge is 2.27. The molecule has 0 fully saturated rings. The smallest absolute Gasteiger partial charge is 0.291 e. The lowest BCUT2D eigenvalue weighted by molar-refractivity contribution is -0.387. The molecule has 0 spiro atoms. The molecule has 1 aromatic rings. The maximum atomic E-state index is 12.1. The summed E-state index contributed by atoms with van der Waals surface area (Å²) < 4.78 is 31.3. The van der Waals surface area contributed by atoms with E-state index in [4.69, 9.17) is 10.6 Å². The third kappa shape index (κ3) is 3.87. The second-order valence-electron chi connectivity index (χ2n) is 4.06. The number of anilines is 1. The monoisotopic (exact) mass is 304 g/mol. The number of nitrogens with two attached hydrogens (primary N) is 1. The molecular formula is C10H16N4O5S. The average molecular weight is 304 g/mol. The number of sulfonamides is 1. The molecule has 0 saturated heterocycles. The van der Waals surface area contributed by atoms with Gasteiger partial charge in [0, 0.05) is 19.2 Å². The number of hydrazine groups is 1. The van der Waals surface area contributed by atoms with Crippen molar-refractivity contribution in [1.29, 1.82) is 0 Å². The summed E-state index contributed by atoms with van der Waals surface area (Å²) in [6.07, 6.45) is 0. The van der Waals surface area contributed by atoms with Crippen LogP contribution in [-0.2, 0) is 14.8 Å². The van der Waals surface area contributed by atoms with Crippen LogP contribution in [0.3, 0.4) is 0 Å². The molecule has 112 valence electrons. The van der Waals surface area contributed by atoms with E-state index < -0.39 is 31.6 Å². The zero-order valence-corrected chi connectivity index (χ0v) is 11.8. The molecule has 0 aliphatic rings. The van der Waals surface area contributed by atoms with Crippen molar-refractivity contribution in [3.05, 3.63) is 28.3 Å². The van der Waals surface area contributed by atoms with Crippen molar-refractivity contribution in [2.24, 2.45) is 5.84 Å². The fourth-order valence-electron chi connectivity index (χ4n) is 1.59. The zero-order chi connectivity index (χ0) is 15.3. The summed E-state index contributed by atoms with van der Waals surface area (Å²) in [6, 6.07) is 2.99. The molecule has 0 aliphatic heterocycles. The summed E-state index contributed by atoms with van der Waals surface area (Å²) in [5, 5.41) is 11.0. The molecule has 1 rings (SSSR count). The van der Waals surface area contributed by atoms with E-state index in [9.17, 15) is 18.5 Å². The number of benzene rings is 1. The molecule has 1 aromatic carbocycles. The normalized spacial score (nSPS) is 12.9. The van der Waals surface area contributed by atoms with E-state index >= 15 is 0 Å². The maximum Gasteiger partial charge on any atom is 0.291 e. The van der Waals surface area contributed by atoms with Crippen LogP contribution in [0, 0.1) is 10.1 Å².